The van der Waals surface area contributed by atoms with Crippen LogP contribution in [0.25, 0.3) is 0 Å². The van der Waals surface area contributed by atoms with E-state index in [0.717, 1.165) is 11.3 Å². The minimum Gasteiger partial charge on any atom is -0.381 e. The predicted octanol–water partition coefficient (Wildman–Crippen LogP) is 4.24. The average Bonchev–Trinajstić information content (AvgIpc) is 2.66. The van der Waals surface area contributed by atoms with Crippen LogP contribution in [0.3, 0.4) is 0 Å². The molecular weight excluding hydrogens is 322 g/mol. The van der Waals surface area contributed by atoms with Crippen LogP contribution in [0.2, 0.25) is 0 Å². The highest BCUT2D eigenvalue weighted by Crippen LogP contribution is 2.13. The third-order valence-corrected chi connectivity index (χ3v) is 4.27. The van der Waals surface area contributed by atoms with Gasteiger partial charge in [0, 0.05) is 25.0 Å². The summed E-state index contributed by atoms with van der Waals surface area (Å²) in [5.74, 6) is -0.175. The Kier molecular flexibility index (Phi) is 5.64. The van der Waals surface area contributed by atoms with Crippen LogP contribution in [0.4, 0.5) is 5.69 Å². The molecule has 1 aromatic heterocycles. The van der Waals surface area contributed by atoms with E-state index in [1.54, 1.807) is 12.3 Å². The summed E-state index contributed by atoms with van der Waals surface area (Å²) in [5.41, 5.74) is 6.01. The minimum absolute atomic E-state index is 0.175. The van der Waals surface area contributed by atoms with Gasteiger partial charge in [-0.15, -0.1) is 0 Å². The summed E-state index contributed by atoms with van der Waals surface area (Å²) in [6, 6.07) is 20.0. The molecule has 0 radical (unpaired) electrons. The van der Waals surface area contributed by atoms with Crippen LogP contribution < -0.4 is 10.6 Å². The zero-order chi connectivity index (χ0) is 18.4. The first-order valence-electron chi connectivity index (χ1n) is 8.70. The molecule has 0 aliphatic carbocycles. The van der Waals surface area contributed by atoms with Crippen LogP contribution in [-0.4, -0.2) is 10.9 Å². The van der Waals surface area contributed by atoms with Crippen molar-refractivity contribution in [1.82, 2.24) is 10.3 Å². The predicted molar refractivity (Wildman–Crippen MR) is 105 cm³/mol. The van der Waals surface area contributed by atoms with Crippen LogP contribution in [0, 0.1) is 13.8 Å². The van der Waals surface area contributed by atoms with Crippen LogP contribution in [0.1, 0.15) is 32.7 Å². The lowest BCUT2D eigenvalue weighted by Gasteiger charge is -2.10. The zero-order valence-corrected chi connectivity index (χ0v) is 15.1. The first-order valence-corrected chi connectivity index (χ1v) is 8.70. The highest BCUT2D eigenvalue weighted by atomic mass is 16.1. The van der Waals surface area contributed by atoms with Crippen molar-refractivity contribution in [1.29, 1.82) is 0 Å². The van der Waals surface area contributed by atoms with E-state index in [0.29, 0.717) is 18.8 Å². The lowest BCUT2D eigenvalue weighted by atomic mass is 10.1. The highest BCUT2D eigenvalue weighted by molar-refractivity contribution is 5.93. The van der Waals surface area contributed by atoms with Crippen molar-refractivity contribution >= 4 is 11.6 Å². The van der Waals surface area contributed by atoms with E-state index in [1.165, 1.54) is 16.7 Å². The number of amides is 1. The number of rotatable bonds is 6. The van der Waals surface area contributed by atoms with Crippen molar-refractivity contribution in [2.75, 3.05) is 5.32 Å². The number of carbonyl (C=O) groups is 1. The van der Waals surface area contributed by atoms with Gasteiger partial charge in [-0.25, -0.2) is 0 Å². The summed E-state index contributed by atoms with van der Waals surface area (Å²) in [6.07, 6.45) is 1.65. The van der Waals surface area contributed by atoms with Crippen molar-refractivity contribution in [2.24, 2.45) is 0 Å². The number of anilines is 1. The van der Waals surface area contributed by atoms with Gasteiger partial charge in [0.05, 0.1) is 0 Å². The lowest BCUT2D eigenvalue weighted by Crippen LogP contribution is -2.23. The normalized spacial score (nSPS) is 10.4. The Morgan fingerprint density at radius 1 is 0.962 bits per heavy atom. The molecule has 0 unspecified atom stereocenters. The molecule has 0 saturated heterocycles. The van der Waals surface area contributed by atoms with E-state index in [1.807, 2.05) is 43.3 Å². The van der Waals surface area contributed by atoms with Gasteiger partial charge in [0.15, 0.2) is 0 Å². The molecule has 4 heteroatoms. The minimum atomic E-state index is -0.175. The van der Waals surface area contributed by atoms with Crippen molar-refractivity contribution in [3.63, 3.8) is 0 Å². The lowest BCUT2D eigenvalue weighted by molar-refractivity contribution is 0.0946. The highest BCUT2D eigenvalue weighted by Gasteiger charge is 2.08. The maximum Gasteiger partial charge on any atom is 0.270 e. The van der Waals surface area contributed by atoms with Crippen molar-refractivity contribution in [3.05, 3.63) is 94.8 Å². The van der Waals surface area contributed by atoms with Gasteiger partial charge in [-0.1, -0.05) is 54.1 Å². The van der Waals surface area contributed by atoms with Gasteiger partial charge < -0.3 is 10.6 Å². The summed E-state index contributed by atoms with van der Waals surface area (Å²) in [7, 11) is 0. The fraction of sp³-hybridized carbons (Fsp3) is 0.182. The Hall–Kier alpha value is -3.14. The quantitative estimate of drug-likeness (QED) is 0.702. The third-order valence-electron chi connectivity index (χ3n) is 4.27. The van der Waals surface area contributed by atoms with E-state index in [9.17, 15) is 4.79 Å². The number of nitrogens with one attached hydrogen (secondary N) is 2. The number of benzene rings is 2. The van der Waals surface area contributed by atoms with Crippen molar-refractivity contribution in [3.8, 4) is 0 Å². The van der Waals surface area contributed by atoms with Gasteiger partial charge in [-0.3, -0.25) is 9.78 Å². The van der Waals surface area contributed by atoms with Crippen molar-refractivity contribution in [2.45, 2.75) is 26.9 Å². The van der Waals surface area contributed by atoms with Crippen molar-refractivity contribution < 1.29 is 4.79 Å². The van der Waals surface area contributed by atoms with E-state index in [4.69, 9.17) is 0 Å². The Bertz CT molecular complexity index is 905. The van der Waals surface area contributed by atoms with E-state index >= 15 is 0 Å². The van der Waals surface area contributed by atoms with E-state index in [-0.39, 0.29) is 5.91 Å². The standard InChI is InChI=1S/C22H23N3O/c1-16-6-5-8-18(12-16)14-25-22(26)21-13-20(10-11-23-21)24-15-19-9-4-3-7-17(19)2/h3-13H,14-15H2,1-2H3,(H,23,24)(H,25,26). The Morgan fingerprint density at radius 2 is 1.81 bits per heavy atom. The summed E-state index contributed by atoms with van der Waals surface area (Å²) >= 11 is 0. The molecule has 2 N–H and O–H groups in total. The molecule has 0 fully saturated rings. The van der Waals surface area contributed by atoms with Gasteiger partial charge in [0.1, 0.15) is 5.69 Å². The molecule has 3 aromatic rings. The number of aromatic nitrogens is 1. The smallest absolute Gasteiger partial charge is 0.270 e. The van der Waals surface area contributed by atoms with Crippen LogP contribution >= 0.6 is 0 Å². The van der Waals surface area contributed by atoms with Crippen LogP contribution in [-0.2, 0) is 13.1 Å². The van der Waals surface area contributed by atoms with Crippen LogP contribution in [0.5, 0.6) is 0 Å². The molecule has 0 aliphatic heterocycles. The molecule has 132 valence electrons. The Balaban J connectivity index is 1.61. The number of hydrogen-bond acceptors (Lipinski definition) is 3. The number of pyridine rings is 1. The summed E-state index contributed by atoms with van der Waals surface area (Å²) in [6.45, 7) is 5.33. The number of aryl methyl sites for hydroxylation is 2. The molecular formula is C22H23N3O. The topological polar surface area (TPSA) is 54.0 Å². The summed E-state index contributed by atoms with van der Waals surface area (Å²) < 4.78 is 0. The van der Waals surface area contributed by atoms with E-state index in [2.05, 4.69) is 40.7 Å². The second kappa shape index (κ2) is 8.30. The van der Waals surface area contributed by atoms with Gasteiger partial charge >= 0.3 is 0 Å². The first-order chi connectivity index (χ1) is 12.6. The fourth-order valence-corrected chi connectivity index (χ4v) is 2.77. The summed E-state index contributed by atoms with van der Waals surface area (Å²) in [4.78, 5) is 16.6. The van der Waals surface area contributed by atoms with Crippen LogP contribution in [0.15, 0.2) is 66.9 Å². The molecule has 0 saturated carbocycles. The van der Waals surface area contributed by atoms with E-state index < -0.39 is 0 Å². The first kappa shape index (κ1) is 17.7. The van der Waals surface area contributed by atoms with Gasteiger partial charge in [0.2, 0.25) is 0 Å². The molecule has 3 rings (SSSR count). The summed E-state index contributed by atoms with van der Waals surface area (Å²) in [5, 5.41) is 6.28. The fourth-order valence-electron chi connectivity index (χ4n) is 2.77. The van der Waals surface area contributed by atoms with Gasteiger partial charge in [0.25, 0.3) is 5.91 Å². The molecule has 0 bridgehead atoms. The molecule has 1 amide bonds. The third kappa shape index (κ3) is 4.70. The molecule has 4 nitrogen and oxygen atoms in total. The maximum absolute atomic E-state index is 12.4. The monoisotopic (exact) mass is 345 g/mol. The molecule has 26 heavy (non-hydrogen) atoms. The number of hydrogen-bond donors (Lipinski definition) is 2. The molecule has 0 aliphatic rings. The average molecular weight is 345 g/mol. The molecule has 0 spiro atoms. The molecule has 2 aromatic carbocycles. The second-order valence-electron chi connectivity index (χ2n) is 6.38. The SMILES string of the molecule is Cc1cccc(CNC(=O)c2cc(NCc3ccccc3C)ccn2)c1. The Morgan fingerprint density at radius 3 is 2.62 bits per heavy atom. The molecule has 1 heterocycles. The van der Waals surface area contributed by atoms with Gasteiger partial charge in [-0.05, 0) is 42.7 Å². The van der Waals surface area contributed by atoms with Gasteiger partial charge in [-0.2, -0.15) is 0 Å². The second-order valence-corrected chi connectivity index (χ2v) is 6.38. The number of carbonyl (C=O) groups excluding carboxylic acids is 1. The zero-order valence-electron chi connectivity index (χ0n) is 15.1. The maximum atomic E-state index is 12.4. The number of nitrogens with zero attached hydrogens (tertiary/aromatic N) is 1. The Labute approximate surface area is 154 Å². The largest absolute Gasteiger partial charge is 0.381 e. The molecule has 0 atom stereocenters.